The van der Waals surface area contributed by atoms with Crippen LogP contribution in [-0.2, 0) is 29.1 Å². The molecule has 0 aromatic rings. The Morgan fingerprint density at radius 2 is 1.76 bits per heavy atom. The van der Waals surface area contributed by atoms with Crippen molar-refractivity contribution >= 4 is 28.4 Å². The topological polar surface area (TPSA) is 187 Å². The molecule has 1 aliphatic carbocycles. The van der Waals surface area contributed by atoms with Crippen LogP contribution in [0.5, 0.6) is 0 Å². The molecule has 1 rings (SSSR count). The van der Waals surface area contributed by atoms with Gasteiger partial charge in [-0.25, -0.2) is 15.1 Å². The van der Waals surface area contributed by atoms with Crippen LogP contribution in [0.15, 0.2) is 0 Å². The normalized spacial score (nSPS) is 19.9. The molecule has 0 radical (unpaired) electrons. The van der Waals surface area contributed by atoms with E-state index in [1.807, 2.05) is 0 Å². The van der Waals surface area contributed by atoms with Gasteiger partial charge >= 0.3 is 22.5 Å². The van der Waals surface area contributed by atoms with E-state index < -0.39 is 40.1 Å². The summed E-state index contributed by atoms with van der Waals surface area (Å²) < 4.78 is 39.6. The van der Waals surface area contributed by atoms with Crippen LogP contribution in [-0.4, -0.2) is 60.9 Å². The molecule has 14 heteroatoms. The van der Waals surface area contributed by atoms with E-state index in [0.29, 0.717) is 17.9 Å². The second-order valence-electron chi connectivity index (χ2n) is 7.42. The Morgan fingerprint density at radius 3 is 2.24 bits per heavy atom. The monoisotopic (exact) mass is 440 g/mol. The number of nitrogens with zero attached hydrogens (tertiary/aromatic N) is 1. The van der Waals surface area contributed by atoms with Crippen molar-refractivity contribution in [3.8, 4) is 0 Å². The number of hydrogen-bond donors (Lipinski definition) is 4. The number of ether oxygens (including phenoxy) is 1. The number of urea groups is 1. The van der Waals surface area contributed by atoms with Gasteiger partial charge in [-0.15, -0.1) is 4.28 Å². The van der Waals surface area contributed by atoms with Crippen LogP contribution in [0, 0.1) is 5.92 Å². The third-order valence-electron chi connectivity index (χ3n) is 3.84. The van der Waals surface area contributed by atoms with Gasteiger partial charge in [-0.2, -0.15) is 13.5 Å². The summed E-state index contributed by atoms with van der Waals surface area (Å²) in [5.41, 5.74) is 6.73. The number of amides is 4. The smallest absolute Gasteiger partial charge is 0.418 e. The highest BCUT2D eigenvalue weighted by Gasteiger charge is 2.34. The molecule has 0 saturated heterocycles. The predicted molar refractivity (Wildman–Crippen MR) is 98.1 cm³/mol. The fourth-order valence-corrected chi connectivity index (χ4v) is 3.07. The van der Waals surface area contributed by atoms with Crippen LogP contribution in [0.4, 0.5) is 9.59 Å². The molecular weight excluding hydrogens is 412 g/mol. The highest BCUT2D eigenvalue weighted by atomic mass is 32.3. The van der Waals surface area contributed by atoms with Crippen molar-refractivity contribution in [3.05, 3.63) is 0 Å². The van der Waals surface area contributed by atoms with Crippen molar-refractivity contribution in [2.75, 3.05) is 13.2 Å². The molecule has 0 unspecified atom stereocenters. The van der Waals surface area contributed by atoms with E-state index >= 15 is 0 Å². The molecule has 1 saturated carbocycles. The van der Waals surface area contributed by atoms with Crippen molar-refractivity contribution in [2.45, 2.75) is 58.1 Å². The molecule has 0 aromatic heterocycles. The van der Waals surface area contributed by atoms with Gasteiger partial charge in [-0.05, 0) is 46.5 Å². The average Bonchev–Trinajstić information content (AvgIpc) is 2.57. The Morgan fingerprint density at radius 1 is 1.17 bits per heavy atom. The van der Waals surface area contributed by atoms with Gasteiger partial charge in [-0.3, -0.25) is 14.2 Å². The first-order valence-electron chi connectivity index (χ1n) is 8.92. The minimum absolute atomic E-state index is 0.0258. The van der Waals surface area contributed by atoms with Gasteiger partial charge in [-0.1, -0.05) is 0 Å². The number of carbonyl (C=O) groups is 3. The van der Waals surface area contributed by atoms with Crippen LogP contribution in [0.1, 0.15) is 46.5 Å². The maximum absolute atomic E-state index is 12.1. The van der Waals surface area contributed by atoms with Crippen molar-refractivity contribution in [2.24, 2.45) is 11.7 Å². The van der Waals surface area contributed by atoms with Crippen molar-refractivity contribution in [3.63, 3.8) is 0 Å². The molecule has 0 aromatic carbocycles. The molecule has 0 heterocycles. The lowest BCUT2D eigenvalue weighted by Crippen LogP contribution is -2.47. The first-order valence-corrected chi connectivity index (χ1v) is 10.3. The molecule has 13 nitrogen and oxygen atoms in total. The second kappa shape index (κ2) is 10.6. The van der Waals surface area contributed by atoms with E-state index in [1.54, 1.807) is 20.8 Å². The van der Waals surface area contributed by atoms with E-state index in [-0.39, 0.29) is 31.9 Å². The summed E-state index contributed by atoms with van der Waals surface area (Å²) in [7, 11) is -4.89. The zero-order valence-electron chi connectivity index (χ0n) is 16.5. The summed E-state index contributed by atoms with van der Waals surface area (Å²) in [5, 5.41) is 2.86. The standard InChI is InChI=1S/C15H28N4O9S/c1-15(2,3)27-14(22)17-8-9-26-18-12(20)10-4-6-11(7-5-10)19(13(16)21)28-29(23,24)25/h10-11H,4-9H2,1-3H3,(H2,16,21)(H,17,22)(H,18,20)(H,23,24,25). The van der Waals surface area contributed by atoms with E-state index in [2.05, 4.69) is 15.1 Å². The third kappa shape index (κ3) is 10.3. The Labute approximate surface area is 169 Å². The van der Waals surface area contributed by atoms with Gasteiger partial charge in [0.25, 0.3) is 0 Å². The minimum atomic E-state index is -4.89. The molecule has 0 bridgehead atoms. The summed E-state index contributed by atoms with van der Waals surface area (Å²) >= 11 is 0. The van der Waals surface area contributed by atoms with Crippen LogP contribution >= 0.6 is 0 Å². The van der Waals surface area contributed by atoms with Gasteiger partial charge < -0.3 is 15.8 Å². The number of nitrogens with two attached hydrogens (primary N) is 1. The highest BCUT2D eigenvalue weighted by Crippen LogP contribution is 2.28. The third-order valence-corrected chi connectivity index (χ3v) is 4.18. The fraction of sp³-hybridized carbons (Fsp3) is 0.800. The molecule has 0 spiro atoms. The molecule has 1 aliphatic rings. The Balaban J connectivity index is 2.31. The lowest BCUT2D eigenvalue weighted by Gasteiger charge is -2.32. The Kier molecular flexibility index (Phi) is 9.07. The van der Waals surface area contributed by atoms with Crippen LogP contribution < -0.4 is 16.5 Å². The van der Waals surface area contributed by atoms with Crippen LogP contribution in [0.2, 0.25) is 0 Å². The minimum Gasteiger partial charge on any atom is -0.444 e. The number of hydrogen-bond acceptors (Lipinski definition) is 8. The molecule has 4 amide bonds. The molecule has 29 heavy (non-hydrogen) atoms. The van der Waals surface area contributed by atoms with E-state index in [4.69, 9.17) is 19.9 Å². The first kappa shape index (κ1) is 24.9. The van der Waals surface area contributed by atoms with Crippen molar-refractivity contribution < 1.29 is 41.2 Å². The summed E-state index contributed by atoms with van der Waals surface area (Å²) in [4.78, 5) is 39.9. The SMILES string of the molecule is CC(C)(C)OC(=O)NCCONC(=O)C1CCC(N(OS(=O)(=O)O)C(N)=O)CC1. The van der Waals surface area contributed by atoms with Gasteiger partial charge in [0.1, 0.15) is 5.60 Å². The number of alkyl carbamates (subject to hydrolysis) is 1. The maximum atomic E-state index is 12.1. The average molecular weight is 440 g/mol. The van der Waals surface area contributed by atoms with E-state index in [0.717, 1.165) is 0 Å². The predicted octanol–water partition coefficient (Wildman–Crippen LogP) is 0.233. The molecular formula is C15H28N4O9S. The highest BCUT2D eigenvalue weighted by molar-refractivity contribution is 7.80. The number of primary amides is 1. The summed E-state index contributed by atoms with van der Waals surface area (Å²) in [6.45, 7) is 5.35. The quantitative estimate of drug-likeness (QED) is 0.233. The zero-order chi connectivity index (χ0) is 22.2. The van der Waals surface area contributed by atoms with Crippen LogP contribution in [0.25, 0.3) is 0 Å². The van der Waals surface area contributed by atoms with E-state index in [9.17, 15) is 22.8 Å². The molecule has 0 aliphatic heterocycles. The summed E-state index contributed by atoms with van der Waals surface area (Å²) in [5.74, 6) is -0.812. The molecule has 168 valence electrons. The number of carbonyl (C=O) groups excluding carboxylic acids is 3. The number of nitrogens with one attached hydrogen (secondary N) is 2. The first-order chi connectivity index (χ1) is 13.3. The number of hydroxylamine groups is 3. The van der Waals surface area contributed by atoms with E-state index in [1.165, 1.54) is 0 Å². The zero-order valence-corrected chi connectivity index (χ0v) is 17.4. The molecule has 1 fully saturated rings. The van der Waals surface area contributed by atoms with Crippen molar-refractivity contribution in [1.82, 2.24) is 15.9 Å². The van der Waals surface area contributed by atoms with Gasteiger partial charge in [0.2, 0.25) is 5.91 Å². The van der Waals surface area contributed by atoms with Crippen LogP contribution in [0.3, 0.4) is 0 Å². The lowest BCUT2D eigenvalue weighted by molar-refractivity contribution is -0.140. The second-order valence-corrected chi connectivity index (χ2v) is 8.42. The summed E-state index contributed by atoms with van der Waals surface area (Å²) in [6.07, 6.45) is 0.494. The largest absolute Gasteiger partial charge is 0.444 e. The van der Waals surface area contributed by atoms with Gasteiger partial charge in [0.05, 0.1) is 12.6 Å². The van der Waals surface area contributed by atoms with Gasteiger partial charge in [0.15, 0.2) is 0 Å². The van der Waals surface area contributed by atoms with Gasteiger partial charge in [0, 0.05) is 12.5 Å². The fourth-order valence-electron chi connectivity index (χ4n) is 2.68. The molecule has 0 atom stereocenters. The maximum Gasteiger partial charge on any atom is 0.418 e. The molecule has 5 N–H and O–H groups in total. The number of rotatable bonds is 8. The Bertz CT molecular complexity index is 684. The summed E-state index contributed by atoms with van der Waals surface area (Å²) in [6, 6.07) is -1.87. The Hall–Kier alpha value is -2.16. The lowest BCUT2D eigenvalue weighted by atomic mass is 9.85. The van der Waals surface area contributed by atoms with Crippen molar-refractivity contribution in [1.29, 1.82) is 0 Å².